The second-order valence-electron chi connectivity index (χ2n) is 4.04. The number of aromatic hydroxyl groups is 1. The van der Waals surface area contributed by atoms with Gasteiger partial charge in [-0.2, -0.15) is 0 Å². The summed E-state index contributed by atoms with van der Waals surface area (Å²) in [7, 11) is 0. The highest BCUT2D eigenvalue weighted by atomic mass is 16.3. The number of aryl methyl sites for hydroxylation is 1. The average Bonchev–Trinajstić information content (AvgIpc) is 2.19. The Morgan fingerprint density at radius 3 is 2.86 bits per heavy atom. The largest absolute Gasteiger partial charge is 0.508 e. The summed E-state index contributed by atoms with van der Waals surface area (Å²) in [6.45, 7) is 3.18. The van der Waals surface area contributed by atoms with Crippen molar-refractivity contribution in [3.8, 4) is 5.75 Å². The van der Waals surface area contributed by atoms with Gasteiger partial charge in [0.25, 0.3) is 0 Å². The molecule has 2 nitrogen and oxygen atoms in total. The molecule has 1 fully saturated rings. The minimum atomic E-state index is 0.363. The van der Waals surface area contributed by atoms with Crippen LogP contribution in [0.15, 0.2) is 18.2 Å². The molecule has 2 heteroatoms. The van der Waals surface area contributed by atoms with Gasteiger partial charge < -0.3 is 10.4 Å². The Bertz CT molecular complexity index is 316. The van der Waals surface area contributed by atoms with E-state index >= 15 is 0 Å². The summed E-state index contributed by atoms with van der Waals surface area (Å²) in [5.41, 5.74) is 2.52. The predicted molar refractivity (Wildman–Crippen MR) is 57.4 cm³/mol. The van der Waals surface area contributed by atoms with Crippen molar-refractivity contribution in [1.29, 1.82) is 0 Å². The van der Waals surface area contributed by atoms with E-state index in [1.165, 1.54) is 30.4 Å². The van der Waals surface area contributed by atoms with Crippen LogP contribution in [-0.4, -0.2) is 11.7 Å². The lowest BCUT2D eigenvalue weighted by Crippen LogP contribution is -2.27. The van der Waals surface area contributed by atoms with Crippen LogP contribution in [-0.2, 0) is 0 Å². The topological polar surface area (TPSA) is 32.3 Å². The number of benzene rings is 1. The Kier molecular flexibility index (Phi) is 2.73. The van der Waals surface area contributed by atoms with Crippen LogP contribution >= 0.6 is 0 Å². The summed E-state index contributed by atoms with van der Waals surface area (Å²) >= 11 is 0. The van der Waals surface area contributed by atoms with Gasteiger partial charge in [-0.05, 0) is 49.6 Å². The van der Waals surface area contributed by atoms with Crippen molar-refractivity contribution in [2.75, 3.05) is 6.54 Å². The number of nitrogens with one attached hydrogen (secondary N) is 1. The lowest BCUT2D eigenvalue weighted by Gasteiger charge is -2.25. The Hall–Kier alpha value is -1.02. The van der Waals surface area contributed by atoms with Gasteiger partial charge in [-0.25, -0.2) is 0 Å². The molecule has 1 aliphatic heterocycles. The molecule has 1 heterocycles. The number of phenolic OH excluding ortho intramolecular Hbond substituents is 1. The quantitative estimate of drug-likeness (QED) is 0.715. The molecule has 0 aliphatic carbocycles. The first-order valence-corrected chi connectivity index (χ1v) is 5.30. The maximum Gasteiger partial charge on any atom is 0.115 e. The predicted octanol–water partition coefficient (Wildman–Crippen LogP) is 2.52. The lowest BCUT2D eigenvalue weighted by atomic mass is 9.94. The number of hydrogen-bond donors (Lipinski definition) is 2. The molecular weight excluding hydrogens is 174 g/mol. The smallest absolute Gasteiger partial charge is 0.115 e. The summed E-state index contributed by atoms with van der Waals surface area (Å²) in [5, 5.41) is 12.8. The van der Waals surface area contributed by atoms with Crippen molar-refractivity contribution in [3.05, 3.63) is 29.3 Å². The molecule has 0 aromatic heterocycles. The molecule has 1 aromatic rings. The highest BCUT2D eigenvalue weighted by molar-refractivity contribution is 5.36. The van der Waals surface area contributed by atoms with E-state index in [4.69, 9.17) is 0 Å². The Morgan fingerprint density at radius 2 is 2.21 bits per heavy atom. The number of piperidine rings is 1. The van der Waals surface area contributed by atoms with E-state index in [9.17, 15) is 5.11 Å². The summed E-state index contributed by atoms with van der Waals surface area (Å²) in [6, 6.07) is 6.14. The Morgan fingerprint density at radius 1 is 1.36 bits per heavy atom. The molecule has 0 bridgehead atoms. The molecule has 1 atom stereocenters. The van der Waals surface area contributed by atoms with Crippen molar-refractivity contribution in [2.45, 2.75) is 32.2 Å². The third-order valence-electron chi connectivity index (χ3n) is 2.94. The summed E-state index contributed by atoms with van der Waals surface area (Å²) in [6.07, 6.45) is 3.80. The van der Waals surface area contributed by atoms with Crippen molar-refractivity contribution in [3.63, 3.8) is 0 Å². The molecule has 0 unspecified atom stereocenters. The monoisotopic (exact) mass is 191 g/mol. The van der Waals surface area contributed by atoms with Crippen LogP contribution in [0.5, 0.6) is 5.75 Å². The van der Waals surface area contributed by atoms with Gasteiger partial charge in [0, 0.05) is 6.04 Å². The van der Waals surface area contributed by atoms with Crippen LogP contribution in [0.1, 0.15) is 36.4 Å². The first kappa shape index (κ1) is 9.53. The van der Waals surface area contributed by atoms with Gasteiger partial charge in [0.2, 0.25) is 0 Å². The zero-order valence-corrected chi connectivity index (χ0v) is 8.59. The third kappa shape index (κ3) is 1.90. The molecule has 0 amide bonds. The molecule has 2 N–H and O–H groups in total. The first-order valence-electron chi connectivity index (χ1n) is 5.30. The zero-order chi connectivity index (χ0) is 9.97. The van der Waals surface area contributed by atoms with Crippen molar-refractivity contribution in [2.24, 2.45) is 0 Å². The van der Waals surface area contributed by atoms with Gasteiger partial charge in [-0.15, -0.1) is 0 Å². The van der Waals surface area contributed by atoms with Crippen molar-refractivity contribution in [1.82, 2.24) is 5.32 Å². The summed E-state index contributed by atoms with van der Waals surface area (Å²) in [4.78, 5) is 0. The molecule has 14 heavy (non-hydrogen) atoms. The van der Waals surface area contributed by atoms with Crippen LogP contribution < -0.4 is 5.32 Å². The number of hydrogen-bond acceptors (Lipinski definition) is 2. The van der Waals surface area contributed by atoms with Gasteiger partial charge in [0.05, 0.1) is 0 Å². The standard InChI is InChI=1S/C12H17NO/c1-9-8-10(14)5-6-11(9)12-4-2-3-7-13-12/h5-6,8,12-14H,2-4,7H2,1H3/t12-/m0/s1. The fourth-order valence-electron chi connectivity index (χ4n) is 2.17. The van der Waals surface area contributed by atoms with Gasteiger partial charge in [-0.1, -0.05) is 12.5 Å². The molecular formula is C12H17NO. The highest BCUT2D eigenvalue weighted by Crippen LogP contribution is 2.27. The Balaban J connectivity index is 2.22. The molecule has 1 saturated heterocycles. The molecule has 0 spiro atoms. The minimum absolute atomic E-state index is 0.363. The maximum atomic E-state index is 9.32. The van der Waals surface area contributed by atoms with Crippen molar-refractivity contribution >= 4 is 0 Å². The van der Waals surface area contributed by atoms with Gasteiger partial charge in [-0.3, -0.25) is 0 Å². The minimum Gasteiger partial charge on any atom is -0.508 e. The van der Waals surface area contributed by atoms with E-state index < -0.39 is 0 Å². The fraction of sp³-hybridized carbons (Fsp3) is 0.500. The third-order valence-corrected chi connectivity index (χ3v) is 2.94. The van der Waals surface area contributed by atoms with E-state index in [1.54, 1.807) is 6.07 Å². The fourth-order valence-corrected chi connectivity index (χ4v) is 2.17. The normalized spacial score (nSPS) is 22.2. The van der Waals surface area contributed by atoms with E-state index in [1.807, 2.05) is 12.1 Å². The zero-order valence-electron chi connectivity index (χ0n) is 8.59. The lowest BCUT2D eigenvalue weighted by molar-refractivity contribution is 0.410. The van der Waals surface area contributed by atoms with E-state index in [0.717, 1.165) is 6.54 Å². The molecule has 76 valence electrons. The second-order valence-corrected chi connectivity index (χ2v) is 4.04. The molecule has 2 rings (SSSR count). The van der Waals surface area contributed by atoms with Crippen LogP contribution in [0.4, 0.5) is 0 Å². The number of rotatable bonds is 1. The van der Waals surface area contributed by atoms with E-state index in [0.29, 0.717) is 11.8 Å². The highest BCUT2D eigenvalue weighted by Gasteiger charge is 2.16. The van der Waals surface area contributed by atoms with Crippen LogP contribution in [0, 0.1) is 6.92 Å². The van der Waals surface area contributed by atoms with E-state index in [2.05, 4.69) is 12.2 Å². The Labute approximate surface area is 85.0 Å². The second kappa shape index (κ2) is 4.01. The molecule has 1 aromatic carbocycles. The van der Waals surface area contributed by atoms with Gasteiger partial charge in [0.15, 0.2) is 0 Å². The van der Waals surface area contributed by atoms with E-state index in [-0.39, 0.29) is 0 Å². The summed E-state index contributed by atoms with van der Waals surface area (Å²) < 4.78 is 0. The van der Waals surface area contributed by atoms with Crippen LogP contribution in [0.25, 0.3) is 0 Å². The SMILES string of the molecule is Cc1cc(O)ccc1[C@@H]1CCCCN1. The average molecular weight is 191 g/mol. The maximum absolute atomic E-state index is 9.32. The number of phenols is 1. The van der Waals surface area contributed by atoms with Crippen LogP contribution in [0.3, 0.4) is 0 Å². The van der Waals surface area contributed by atoms with Crippen molar-refractivity contribution < 1.29 is 5.11 Å². The molecule has 1 aliphatic rings. The van der Waals surface area contributed by atoms with Gasteiger partial charge >= 0.3 is 0 Å². The molecule has 0 radical (unpaired) electrons. The van der Waals surface area contributed by atoms with Crippen LogP contribution in [0.2, 0.25) is 0 Å². The first-order chi connectivity index (χ1) is 6.77. The molecule has 0 saturated carbocycles. The van der Waals surface area contributed by atoms with Gasteiger partial charge in [0.1, 0.15) is 5.75 Å². The summed E-state index contributed by atoms with van der Waals surface area (Å²) in [5.74, 6) is 0.363.